The fourth-order valence-corrected chi connectivity index (χ4v) is 3.81. The molecule has 2 aliphatic heterocycles. The molecule has 3 heterocycles. The van der Waals surface area contributed by atoms with Crippen molar-refractivity contribution in [3.8, 4) is 0 Å². The van der Waals surface area contributed by atoms with Crippen molar-refractivity contribution in [1.29, 1.82) is 0 Å². The van der Waals surface area contributed by atoms with Crippen LogP contribution < -0.4 is 16.4 Å². The largest absolute Gasteiger partial charge is 0.480 e. The number of anilines is 3. The van der Waals surface area contributed by atoms with Gasteiger partial charge in [-0.15, -0.1) is 0 Å². The third kappa shape index (κ3) is 2.93. The lowest BCUT2D eigenvalue weighted by atomic mass is 9.76. The van der Waals surface area contributed by atoms with E-state index in [1.54, 1.807) is 6.07 Å². The lowest BCUT2D eigenvalue weighted by molar-refractivity contribution is -0.147. The summed E-state index contributed by atoms with van der Waals surface area (Å²) >= 11 is 0. The molecule has 0 aliphatic carbocycles. The maximum absolute atomic E-state index is 11.8. The number of carboxylic acid groups (broad SMARTS) is 1. The molecule has 1 unspecified atom stereocenters. The van der Waals surface area contributed by atoms with Crippen molar-refractivity contribution in [2.45, 2.75) is 32.2 Å². The van der Waals surface area contributed by atoms with Gasteiger partial charge in [-0.05, 0) is 24.7 Å². The second-order valence-electron chi connectivity index (χ2n) is 6.70. The Balaban J connectivity index is 1.72. The molecule has 1 aromatic heterocycles. The van der Waals surface area contributed by atoms with Crippen molar-refractivity contribution in [2.75, 3.05) is 36.0 Å². The van der Waals surface area contributed by atoms with Gasteiger partial charge in [-0.1, -0.05) is 0 Å². The molecule has 2 aliphatic rings. The van der Waals surface area contributed by atoms with E-state index in [-0.39, 0.29) is 17.3 Å². The highest BCUT2D eigenvalue weighted by molar-refractivity contribution is 5.83. The maximum Gasteiger partial charge on any atom is 0.326 e. The van der Waals surface area contributed by atoms with Crippen LogP contribution in [0, 0.1) is 5.41 Å². The van der Waals surface area contributed by atoms with Crippen LogP contribution >= 0.6 is 0 Å². The molecule has 2 saturated heterocycles. The Morgan fingerprint density at radius 2 is 1.96 bits per heavy atom. The minimum Gasteiger partial charge on any atom is -0.480 e. The van der Waals surface area contributed by atoms with Gasteiger partial charge in [-0.3, -0.25) is 4.79 Å². The van der Waals surface area contributed by atoms with Gasteiger partial charge in [0.25, 0.3) is 0 Å². The first-order valence-corrected chi connectivity index (χ1v) is 7.95. The number of nitrogens with zero attached hydrogens (tertiary/aromatic N) is 4. The Hall–Kier alpha value is -2.58. The standard InChI is InChI=1S/C15H22N6O3/c1-9(22)21-8-15(7-10(21)13(23)24)2-4-20(5-3-15)12-6-11(16)18-14(17)19-12/h6,10H,2-5,7-8H2,1H3,(H,23,24)(H4,16,17,18,19). The molecule has 1 spiro atoms. The lowest BCUT2D eigenvalue weighted by Crippen LogP contribution is -2.42. The molecule has 2 fully saturated rings. The first-order chi connectivity index (χ1) is 11.3. The molecule has 0 saturated carbocycles. The second kappa shape index (κ2) is 5.81. The van der Waals surface area contributed by atoms with Gasteiger partial charge >= 0.3 is 5.97 Å². The number of aliphatic carboxylic acids is 1. The number of hydrogen-bond acceptors (Lipinski definition) is 7. The number of carboxylic acids is 1. The molecule has 0 radical (unpaired) electrons. The first kappa shape index (κ1) is 16.3. The number of likely N-dealkylation sites (tertiary alicyclic amines) is 1. The summed E-state index contributed by atoms with van der Waals surface area (Å²) in [7, 11) is 0. The van der Waals surface area contributed by atoms with E-state index in [4.69, 9.17) is 11.5 Å². The molecule has 0 aromatic carbocycles. The number of rotatable bonds is 2. The monoisotopic (exact) mass is 334 g/mol. The van der Waals surface area contributed by atoms with Gasteiger partial charge in [0.15, 0.2) is 0 Å². The first-order valence-electron chi connectivity index (χ1n) is 7.95. The molecule has 24 heavy (non-hydrogen) atoms. The van der Waals surface area contributed by atoms with E-state index in [1.165, 1.54) is 11.8 Å². The highest BCUT2D eigenvalue weighted by atomic mass is 16.4. The van der Waals surface area contributed by atoms with E-state index >= 15 is 0 Å². The van der Waals surface area contributed by atoms with Crippen LogP contribution in [0.4, 0.5) is 17.6 Å². The Kier molecular flexibility index (Phi) is 3.94. The van der Waals surface area contributed by atoms with E-state index in [2.05, 4.69) is 14.9 Å². The summed E-state index contributed by atoms with van der Waals surface area (Å²) in [5.41, 5.74) is 11.2. The van der Waals surface area contributed by atoms with E-state index in [9.17, 15) is 14.7 Å². The zero-order chi connectivity index (χ0) is 17.5. The molecule has 9 nitrogen and oxygen atoms in total. The number of carbonyl (C=O) groups excluding carboxylic acids is 1. The quantitative estimate of drug-likeness (QED) is 0.683. The minimum atomic E-state index is -0.930. The van der Waals surface area contributed by atoms with Crippen molar-refractivity contribution in [2.24, 2.45) is 5.41 Å². The number of carbonyl (C=O) groups is 2. The van der Waals surface area contributed by atoms with E-state index in [0.717, 1.165) is 12.8 Å². The van der Waals surface area contributed by atoms with Gasteiger partial charge in [-0.25, -0.2) is 4.79 Å². The van der Waals surface area contributed by atoms with Gasteiger partial charge in [-0.2, -0.15) is 9.97 Å². The van der Waals surface area contributed by atoms with Crippen LogP contribution in [0.3, 0.4) is 0 Å². The van der Waals surface area contributed by atoms with Gasteiger partial charge < -0.3 is 26.4 Å². The van der Waals surface area contributed by atoms with Crippen LogP contribution in [0.5, 0.6) is 0 Å². The summed E-state index contributed by atoms with van der Waals surface area (Å²) in [6.07, 6.45) is 2.10. The van der Waals surface area contributed by atoms with Crippen molar-refractivity contribution in [3.63, 3.8) is 0 Å². The predicted octanol–water partition coefficient (Wildman–Crippen LogP) is -0.0670. The zero-order valence-electron chi connectivity index (χ0n) is 13.6. The molecule has 1 atom stereocenters. The highest BCUT2D eigenvalue weighted by Gasteiger charge is 2.49. The molecule has 3 rings (SSSR count). The Labute approximate surface area is 139 Å². The second-order valence-corrected chi connectivity index (χ2v) is 6.70. The smallest absolute Gasteiger partial charge is 0.326 e. The number of nitrogen functional groups attached to an aromatic ring is 2. The molecule has 130 valence electrons. The van der Waals surface area contributed by atoms with E-state index in [1.807, 2.05) is 0 Å². The molecule has 5 N–H and O–H groups in total. The van der Waals surface area contributed by atoms with Gasteiger partial charge in [0.1, 0.15) is 17.7 Å². The number of piperidine rings is 1. The summed E-state index contributed by atoms with van der Waals surface area (Å²) in [6, 6.07) is 0.963. The SMILES string of the molecule is CC(=O)N1CC2(CCN(c3cc(N)nc(N)n3)CC2)CC1C(=O)O. The van der Waals surface area contributed by atoms with Crippen molar-refractivity contribution in [1.82, 2.24) is 14.9 Å². The van der Waals surface area contributed by atoms with E-state index < -0.39 is 12.0 Å². The molecule has 9 heteroatoms. The molecule has 0 bridgehead atoms. The normalized spacial score (nSPS) is 22.8. The maximum atomic E-state index is 11.8. The van der Waals surface area contributed by atoms with Gasteiger partial charge in [0.2, 0.25) is 11.9 Å². The summed E-state index contributed by atoms with van der Waals surface area (Å²) < 4.78 is 0. The zero-order valence-corrected chi connectivity index (χ0v) is 13.6. The van der Waals surface area contributed by atoms with Crippen LogP contribution in [0.2, 0.25) is 0 Å². The third-order valence-corrected chi connectivity index (χ3v) is 5.10. The van der Waals surface area contributed by atoms with Crippen LogP contribution in [0.1, 0.15) is 26.2 Å². The van der Waals surface area contributed by atoms with Crippen LogP contribution in [-0.2, 0) is 9.59 Å². The predicted molar refractivity (Wildman–Crippen MR) is 88.2 cm³/mol. The Morgan fingerprint density at radius 3 is 2.46 bits per heavy atom. The number of nitrogens with two attached hydrogens (primary N) is 2. The number of amides is 1. The number of aromatic nitrogens is 2. The van der Waals surface area contributed by atoms with Crippen molar-refractivity contribution < 1.29 is 14.7 Å². The minimum absolute atomic E-state index is 0.139. The summed E-state index contributed by atoms with van der Waals surface area (Å²) in [6.45, 7) is 3.36. The van der Waals surface area contributed by atoms with Crippen molar-refractivity contribution >= 4 is 29.5 Å². The molecule has 1 aromatic rings. The molecular weight excluding hydrogens is 312 g/mol. The Morgan fingerprint density at radius 1 is 1.29 bits per heavy atom. The van der Waals surface area contributed by atoms with Gasteiger partial charge in [0, 0.05) is 32.6 Å². The summed E-state index contributed by atoms with van der Waals surface area (Å²) in [5, 5.41) is 9.39. The number of hydrogen-bond donors (Lipinski definition) is 3. The Bertz CT molecular complexity index is 627. The molecular formula is C15H22N6O3. The summed E-state index contributed by atoms with van der Waals surface area (Å²) in [5.74, 6) is 0.0390. The van der Waals surface area contributed by atoms with E-state index in [0.29, 0.717) is 37.7 Å². The van der Waals surface area contributed by atoms with Gasteiger partial charge in [0.05, 0.1) is 0 Å². The lowest BCUT2D eigenvalue weighted by Gasteiger charge is -2.39. The fraction of sp³-hybridized carbons (Fsp3) is 0.600. The average molecular weight is 334 g/mol. The third-order valence-electron chi connectivity index (χ3n) is 5.10. The topological polar surface area (TPSA) is 139 Å². The van der Waals surface area contributed by atoms with Crippen molar-refractivity contribution in [3.05, 3.63) is 6.07 Å². The van der Waals surface area contributed by atoms with Crippen LogP contribution in [0.15, 0.2) is 6.07 Å². The van der Waals surface area contributed by atoms with Crippen LogP contribution in [-0.4, -0.2) is 57.5 Å². The fourth-order valence-electron chi connectivity index (χ4n) is 3.81. The molecule has 1 amide bonds. The highest BCUT2D eigenvalue weighted by Crippen LogP contribution is 2.44. The summed E-state index contributed by atoms with van der Waals surface area (Å²) in [4.78, 5) is 34.8. The average Bonchev–Trinajstić information content (AvgIpc) is 2.87. The van der Waals surface area contributed by atoms with Crippen LogP contribution in [0.25, 0.3) is 0 Å².